The van der Waals surface area contributed by atoms with Crippen LogP contribution in [0.25, 0.3) is 16.7 Å². The fourth-order valence-corrected chi connectivity index (χ4v) is 3.26. The SMILES string of the molecule is COc1ccc(/C=N/NC(=O)c2cc(C)nc3c2c(C)nn3-c2ccccc2)cc1. The van der Waals surface area contributed by atoms with Crippen molar-refractivity contribution in [3.63, 3.8) is 0 Å². The van der Waals surface area contributed by atoms with Gasteiger partial charge in [0, 0.05) is 5.69 Å². The number of pyridine rings is 1. The second-order valence-electron chi connectivity index (χ2n) is 6.81. The maximum absolute atomic E-state index is 12.9. The van der Waals surface area contributed by atoms with E-state index < -0.39 is 0 Å². The van der Waals surface area contributed by atoms with E-state index in [0.717, 1.165) is 28.4 Å². The van der Waals surface area contributed by atoms with Gasteiger partial charge in [-0.25, -0.2) is 15.1 Å². The lowest BCUT2D eigenvalue weighted by atomic mass is 10.1. The van der Waals surface area contributed by atoms with Crippen molar-refractivity contribution in [2.75, 3.05) is 7.11 Å². The van der Waals surface area contributed by atoms with Gasteiger partial charge in [-0.2, -0.15) is 10.2 Å². The Morgan fingerprint density at radius 1 is 1.10 bits per heavy atom. The van der Waals surface area contributed by atoms with Crippen LogP contribution in [0.2, 0.25) is 0 Å². The van der Waals surface area contributed by atoms with Crippen molar-refractivity contribution in [1.82, 2.24) is 20.2 Å². The van der Waals surface area contributed by atoms with E-state index >= 15 is 0 Å². The van der Waals surface area contributed by atoms with E-state index in [1.807, 2.05) is 68.4 Å². The molecule has 150 valence electrons. The minimum atomic E-state index is -0.314. The molecule has 2 heterocycles. The number of carbonyl (C=O) groups excluding carboxylic acids is 1. The molecule has 0 spiro atoms. The maximum Gasteiger partial charge on any atom is 0.272 e. The number of fused-ring (bicyclic) bond motifs is 1. The number of ether oxygens (including phenoxy) is 1. The van der Waals surface area contributed by atoms with E-state index in [1.54, 1.807) is 24.1 Å². The van der Waals surface area contributed by atoms with Gasteiger partial charge in [-0.05, 0) is 61.9 Å². The number of benzene rings is 2. The van der Waals surface area contributed by atoms with Gasteiger partial charge in [-0.1, -0.05) is 18.2 Å². The molecule has 7 nitrogen and oxygen atoms in total. The summed E-state index contributed by atoms with van der Waals surface area (Å²) in [6.45, 7) is 3.73. The number of hydrazone groups is 1. The number of rotatable bonds is 5. The Morgan fingerprint density at radius 3 is 2.53 bits per heavy atom. The fourth-order valence-electron chi connectivity index (χ4n) is 3.26. The van der Waals surface area contributed by atoms with Gasteiger partial charge in [-0.3, -0.25) is 4.79 Å². The van der Waals surface area contributed by atoms with E-state index in [0.29, 0.717) is 16.6 Å². The first kappa shape index (κ1) is 19.3. The zero-order chi connectivity index (χ0) is 21.1. The number of methoxy groups -OCH3 is 1. The molecule has 0 unspecified atom stereocenters. The molecule has 1 amide bonds. The van der Waals surface area contributed by atoms with Crippen molar-refractivity contribution in [3.8, 4) is 11.4 Å². The number of para-hydroxylation sites is 1. The molecular formula is C23H21N5O2. The molecule has 0 atom stereocenters. The van der Waals surface area contributed by atoms with Crippen LogP contribution in [0.5, 0.6) is 5.75 Å². The van der Waals surface area contributed by atoms with Crippen LogP contribution in [0.15, 0.2) is 65.8 Å². The number of hydrogen-bond acceptors (Lipinski definition) is 5. The second-order valence-corrected chi connectivity index (χ2v) is 6.81. The molecule has 4 rings (SSSR count). The highest BCUT2D eigenvalue weighted by atomic mass is 16.5. The first-order chi connectivity index (χ1) is 14.6. The third kappa shape index (κ3) is 3.77. The molecule has 0 aliphatic heterocycles. The minimum absolute atomic E-state index is 0.314. The number of amides is 1. The second kappa shape index (κ2) is 8.16. The summed E-state index contributed by atoms with van der Waals surface area (Å²) in [6, 6.07) is 18.9. The molecule has 0 fully saturated rings. The van der Waals surface area contributed by atoms with Crippen LogP contribution < -0.4 is 10.2 Å². The van der Waals surface area contributed by atoms with Crippen LogP contribution in [0, 0.1) is 13.8 Å². The van der Waals surface area contributed by atoms with Crippen LogP contribution in [0.1, 0.15) is 27.3 Å². The number of nitrogens with one attached hydrogen (secondary N) is 1. The molecule has 1 N–H and O–H groups in total. The van der Waals surface area contributed by atoms with Crippen molar-refractivity contribution >= 4 is 23.2 Å². The smallest absolute Gasteiger partial charge is 0.272 e. The molecule has 0 bridgehead atoms. The van der Waals surface area contributed by atoms with E-state index in [-0.39, 0.29) is 5.91 Å². The zero-order valence-corrected chi connectivity index (χ0v) is 17.0. The van der Waals surface area contributed by atoms with Crippen molar-refractivity contribution in [3.05, 3.63) is 83.2 Å². The Bertz CT molecular complexity index is 1230. The van der Waals surface area contributed by atoms with Gasteiger partial charge in [0.05, 0.1) is 35.7 Å². The molecular weight excluding hydrogens is 378 g/mol. The highest BCUT2D eigenvalue weighted by Gasteiger charge is 2.19. The Hall–Kier alpha value is -4.00. The van der Waals surface area contributed by atoms with Gasteiger partial charge >= 0.3 is 0 Å². The van der Waals surface area contributed by atoms with E-state index in [2.05, 4.69) is 20.6 Å². The molecule has 30 heavy (non-hydrogen) atoms. The summed E-state index contributed by atoms with van der Waals surface area (Å²) in [5.41, 5.74) is 6.92. The predicted molar refractivity (Wildman–Crippen MR) is 116 cm³/mol. The summed E-state index contributed by atoms with van der Waals surface area (Å²) in [5.74, 6) is 0.447. The lowest BCUT2D eigenvalue weighted by Crippen LogP contribution is -2.18. The summed E-state index contributed by atoms with van der Waals surface area (Å²) < 4.78 is 6.90. The summed E-state index contributed by atoms with van der Waals surface area (Å²) in [5, 5.41) is 9.41. The number of nitrogens with zero attached hydrogens (tertiary/aromatic N) is 4. The normalized spacial score (nSPS) is 11.2. The van der Waals surface area contributed by atoms with Gasteiger partial charge < -0.3 is 4.74 Å². The fraction of sp³-hybridized carbons (Fsp3) is 0.130. The maximum atomic E-state index is 12.9. The van der Waals surface area contributed by atoms with Gasteiger partial charge in [-0.15, -0.1) is 0 Å². The number of aryl methyl sites for hydroxylation is 2. The van der Waals surface area contributed by atoms with Crippen LogP contribution in [0.4, 0.5) is 0 Å². The third-order valence-electron chi connectivity index (χ3n) is 4.68. The predicted octanol–water partition coefficient (Wildman–Crippen LogP) is 3.81. The summed E-state index contributed by atoms with van der Waals surface area (Å²) in [7, 11) is 1.61. The minimum Gasteiger partial charge on any atom is -0.497 e. The average Bonchev–Trinajstić information content (AvgIpc) is 3.10. The Balaban J connectivity index is 1.65. The first-order valence-electron chi connectivity index (χ1n) is 9.46. The number of carbonyl (C=O) groups is 1. The highest BCUT2D eigenvalue weighted by Crippen LogP contribution is 2.24. The third-order valence-corrected chi connectivity index (χ3v) is 4.68. The first-order valence-corrected chi connectivity index (χ1v) is 9.46. The van der Waals surface area contributed by atoms with Crippen molar-refractivity contribution in [2.45, 2.75) is 13.8 Å². The van der Waals surface area contributed by atoms with Crippen LogP contribution >= 0.6 is 0 Å². The van der Waals surface area contributed by atoms with E-state index in [4.69, 9.17) is 4.74 Å². The summed E-state index contributed by atoms with van der Waals surface area (Å²) >= 11 is 0. The Kier molecular flexibility index (Phi) is 5.26. The van der Waals surface area contributed by atoms with Gasteiger partial charge in [0.1, 0.15) is 5.75 Å². The summed E-state index contributed by atoms with van der Waals surface area (Å²) in [6.07, 6.45) is 1.59. The molecule has 2 aromatic carbocycles. The van der Waals surface area contributed by atoms with Gasteiger partial charge in [0.15, 0.2) is 5.65 Å². The standard InChI is InChI=1S/C23H21N5O2/c1-15-13-20(23(29)26-24-14-17-9-11-19(30-3)12-10-17)21-16(2)27-28(22(21)25-15)18-7-5-4-6-8-18/h4-14H,1-3H3,(H,26,29)/b24-14+. The van der Waals surface area contributed by atoms with Crippen molar-refractivity contribution in [2.24, 2.45) is 5.10 Å². The topological polar surface area (TPSA) is 81.4 Å². The molecule has 2 aromatic heterocycles. The molecule has 4 aromatic rings. The Morgan fingerprint density at radius 2 is 1.83 bits per heavy atom. The largest absolute Gasteiger partial charge is 0.497 e. The molecule has 0 aliphatic rings. The Labute approximate surface area is 174 Å². The molecule has 0 aliphatic carbocycles. The number of aromatic nitrogens is 3. The lowest BCUT2D eigenvalue weighted by molar-refractivity contribution is 0.0956. The number of hydrogen-bond donors (Lipinski definition) is 1. The lowest BCUT2D eigenvalue weighted by Gasteiger charge is -2.06. The monoisotopic (exact) mass is 399 g/mol. The molecule has 7 heteroatoms. The van der Waals surface area contributed by atoms with Crippen LogP contribution in [-0.2, 0) is 0 Å². The highest BCUT2D eigenvalue weighted by molar-refractivity contribution is 6.07. The van der Waals surface area contributed by atoms with Crippen molar-refractivity contribution in [1.29, 1.82) is 0 Å². The molecule has 0 saturated carbocycles. The van der Waals surface area contributed by atoms with Gasteiger partial charge in [0.2, 0.25) is 0 Å². The zero-order valence-electron chi connectivity index (χ0n) is 17.0. The van der Waals surface area contributed by atoms with Crippen molar-refractivity contribution < 1.29 is 9.53 Å². The van der Waals surface area contributed by atoms with Crippen LogP contribution in [-0.4, -0.2) is 34.0 Å². The van der Waals surface area contributed by atoms with Crippen LogP contribution in [0.3, 0.4) is 0 Å². The molecule has 0 saturated heterocycles. The quantitative estimate of drug-likeness (QED) is 0.409. The van der Waals surface area contributed by atoms with E-state index in [9.17, 15) is 4.79 Å². The average molecular weight is 399 g/mol. The van der Waals surface area contributed by atoms with E-state index in [1.165, 1.54) is 0 Å². The molecule has 0 radical (unpaired) electrons. The summed E-state index contributed by atoms with van der Waals surface area (Å²) in [4.78, 5) is 17.5. The van der Waals surface area contributed by atoms with Gasteiger partial charge in [0.25, 0.3) is 5.91 Å².